The van der Waals surface area contributed by atoms with Crippen LogP contribution in [-0.4, -0.2) is 19.6 Å². The molecule has 0 amide bonds. The summed E-state index contributed by atoms with van der Waals surface area (Å²) in [6, 6.07) is 46.9. The van der Waals surface area contributed by atoms with E-state index in [1.807, 2.05) is 129 Å². The van der Waals surface area contributed by atoms with Crippen molar-refractivity contribution in [3.05, 3.63) is 192 Å². The Bertz CT molecular complexity index is 3920. The molecule has 0 saturated carbocycles. The highest BCUT2D eigenvalue weighted by molar-refractivity contribution is 5.98. The molecule has 330 valence electrons. The normalized spacial score (nSPS) is 18.1. The summed E-state index contributed by atoms with van der Waals surface area (Å²) in [6.07, 6.45) is 1.68. The van der Waals surface area contributed by atoms with Crippen molar-refractivity contribution in [3.63, 3.8) is 0 Å². The van der Waals surface area contributed by atoms with E-state index in [0.717, 1.165) is 33.4 Å². The van der Waals surface area contributed by atoms with Gasteiger partial charge >= 0.3 is 0 Å². The lowest BCUT2D eigenvalue weighted by Gasteiger charge is -2.27. The first-order valence-electron chi connectivity index (χ1n) is 31.5. The van der Waals surface area contributed by atoms with Crippen molar-refractivity contribution in [3.8, 4) is 78.6 Å². The van der Waals surface area contributed by atoms with Gasteiger partial charge in [0.05, 0.1) is 22.3 Å². The first-order valence-corrected chi connectivity index (χ1v) is 21.5. The number of hydrogen-bond acceptors (Lipinski definition) is 3. The second-order valence-electron chi connectivity index (χ2n) is 17.1. The number of benzene rings is 7. The van der Waals surface area contributed by atoms with E-state index in [1.54, 1.807) is 56.4 Å². The number of pyridine rings is 1. The molecule has 4 heteroatoms. The van der Waals surface area contributed by atoms with Crippen molar-refractivity contribution in [1.29, 1.82) is 0 Å². The van der Waals surface area contributed by atoms with Gasteiger partial charge in [-0.3, -0.25) is 9.55 Å². The third kappa shape index (κ3) is 8.61. The minimum Gasteiger partial charge on any atom is -0.507 e. The molecule has 0 aliphatic rings. The Hall–Kier alpha value is -7.04. The lowest BCUT2D eigenvalue weighted by Crippen LogP contribution is -2.17. The van der Waals surface area contributed by atoms with Crippen molar-refractivity contribution >= 4 is 11.0 Å². The van der Waals surface area contributed by atoms with Gasteiger partial charge in [-0.1, -0.05) is 178 Å². The van der Waals surface area contributed by atoms with Crippen molar-refractivity contribution in [2.45, 2.75) is 91.4 Å². The molecule has 0 unspecified atom stereocenters. The predicted molar refractivity (Wildman–Crippen MR) is 279 cm³/mol. The van der Waals surface area contributed by atoms with Crippen LogP contribution in [0.15, 0.2) is 170 Å². The minimum atomic E-state index is -4.17. The number of para-hydroxylation sites is 1. The molecular weight excluding hydrogens is 803 g/mol. The second-order valence-corrected chi connectivity index (χ2v) is 17.1. The number of phenols is 1. The van der Waals surface area contributed by atoms with Crippen LogP contribution in [0.5, 0.6) is 5.75 Å². The standard InChI is InChI=1S/C62H61N3O/c1-39(2)41-24-26-43(27-25-41)45-30-31-63-56(35-45)48-33-46(42-18-13-11-14-19-42)32-47(34-48)52-22-17-23-57-58(52)64-60(54-36-49(61(5,6)7)37-55(59(54)66)62(8,9)10)65(57)50-28-29-51(53(38-50)40(3)4)44-20-15-12-16-21-44/h11-40,66H,1-10H3/i5D3,6D3,7D3,8D3,9D3,10D3,39D,40D. The molecule has 1 N–H and O–H groups in total. The third-order valence-corrected chi connectivity index (χ3v) is 12.0. The molecule has 9 rings (SSSR count). The van der Waals surface area contributed by atoms with Crippen LogP contribution >= 0.6 is 0 Å². The number of rotatable bonds is 9. The summed E-state index contributed by atoms with van der Waals surface area (Å²) in [5.74, 6) is -4.07. The largest absolute Gasteiger partial charge is 0.507 e. The highest BCUT2D eigenvalue weighted by Gasteiger charge is 2.29. The third-order valence-electron chi connectivity index (χ3n) is 12.0. The van der Waals surface area contributed by atoms with E-state index < -0.39 is 92.0 Å². The van der Waals surface area contributed by atoms with Crippen molar-refractivity contribution in [1.82, 2.24) is 14.5 Å². The molecule has 2 aromatic heterocycles. The number of nitrogens with zero attached hydrogens (tertiary/aromatic N) is 3. The molecule has 0 fully saturated rings. The average Bonchev–Trinajstić information content (AvgIpc) is 0.773. The maximum atomic E-state index is 13.0. The summed E-state index contributed by atoms with van der Waals surface area (Å²) in [5, 5.41) is 13.0. The van der Waals surface area contributed by atoms with Crippen molar-refractivity contribution in [2.24, 2.45) is 0 Å². The monoisotopic (exact) mass is 884 g/mol. The van der Waals surface area contributed by atoms with Crippen LogP contribution in [0.25, 0.3) is 83.9 Å². The smallest absolute Gasteiger partial charge is 0.149 e. The molecule has 0 aliphatic carbocycles. The van der Waals surface area contributed by atoms with Crippen LogP contribution in [0.3, 0.4) is 0 Å². The Kier molecular flexibility index (Phi) is 6.91. The van der Waals surface area contributed by atoms with Crippen LogP contribution in [-0.2, 0) is 10.8 Å². The average molecular weight is 884 g/mol. The molecular formula is C62H61N3O. The second kappa shape index (κ2) is 17.4. The predicted octanol–water partition coefficient (Wildman–Crippen LogP) is 17.0. The molecule has 66 heavy (non-hydrogen) atoms. The summed E-state index contributed by atoms with van der Waals surface area (Å²) in [7, 11) is 0. The van der Waals surface area contributed by atoms with Gasteiger partial charge in [0.1, 0.15) is 11.6 Å². The number of fused-ring (bicyclic) bond motifs is 1. The van der Waals surface area contributed by atoms with Gasteiger partial charge in [-0.05, 0) is 133 Å². The summed E-state index contributed by atoms with van der Waals surface area (Å²) in [6.45, 7) is -17.8. The Morgan fingerprint density at radius 3 is 1.88 bits per heavy atom. The topological polar surface area (TPSA) is 50.9 Å². The zero-order chi connectivity index (χ0) is 63.3. The van der Waals surface area contributed by atoms with Crippen LogP contribution < -0.4 is 0 Å². The van der Waals surface area contributed by atoms with Gasteiger partial charge in [-0.15, -0.1) is 0 Å². The molecule has 7 aromatic carbocycles. The summed E-state index contributed by atoms with van der Waals surface area (Å²) in [5.41, 5.74) is -3.32. The Morgan fingerprint density at radius 2 is 1.20 bits per heavy atom. The zero-order valence-corrected chi connectivity index (χ0v) is 37.0. The van der Waals surface area contributed by atoms with Crippen LogP contribution in [0.1, 0.15) is 130 Å². The van der Waals surface area contributed by atoms with Crippen LogP contribution in [0, 0.1) is 0 Å². The summed E-state index contributed by atoms with van der Waals surface area (Å²) >= 11 is 0. The van der Waals surface area contributed by atoms with E-state index in [1.165, 1.54) is 4.57 Å². The van der Waals surface area contributed by atoms with E-state index in [9.17, 15) is 6.48 Å². The van der Waals surface area contributed by atoms with Crippen LogP contribution in [0.2, 0.25) is 0 Å². The van der Waals surface area contributed by atoms with Gasteiger partial charge in [-0.25, -0.2) is 4.98 Å². The Morgan fingerprint density at radius 1 is 0.530 bits per heavy atom. The molecule has 0 radical (unpaired) electrons. The fraction of sp³-hybridized carbons (Fsp3) is 0.226. The molecule has 2 heterocycles. The van der Waals surface area contributed by atoms with Crippen LogP contribution in [0.4, 0.5) is 0 Å². The fourth-order valence-corrected chi connectivity index (χ4v) is 8.53. The van der Waals surface area contributed by atoms with E-state index in [4.69, 9.17) is 36.0 Å². The number of imidazole rings is 1. The van der Waals surface area contributed by atoms with Gasteiger partial charge in [0.15, 0.2) is 0 Å². The quantitative estimate of drug-likeness (QED) is 0.157. The fourth-order valence-electron chi connectivity index (χ4n) is 8.53. The van der Waals surface area contributed by atoms with E-state index in [2.05, 4.69) is 0 Å². The lowest BCUT2D eigenvalue weighted by molar-refractivity contribution is 0.446. The number of aromatic nitrogens is 3. The van der Waals surface area contributed by atoms with E-state index >= 15 is 0 Å². The SMILES string of the molecule is [2H]C(C)(C)c1ccc(-c2ccnc(-c3cc(-c4ccccc4)cc(-c4cccc5c4nc(-c4cc(C(C([2H])([2H])[2H])(C([2H])([2H])[2H])C([2H])([2H])[2H])cc(C(C([2H])([2H])[2H])(C([2H])([2H])[2H])C([2H])([2H])[2H])c4O)n5-c4ccc(-c5ccccc5)c(C([2H])(C)C)c4)c3)c2)cc1. The number of hydrogen-bond donors (Lipinski definition) is 1. The van der Waals surface area contributed by atoms with E-state index in [-0.39, 0.29) is 22.8 Å². The first-order chi connectivity index (χ1) is 39.6. The Labute approximate surface area is 419 Å². The van der Waals surface area contributed by atoms with Crippen molar-refractivity contribution < 1.29 is 32.5 Å². The summed E-state index contributed by atoms with van der Waals surface area (Å²) < 4.78 is 177. The molecule has 0 saturated heterocycles. The molecule has 9 aromatic rings. The maximum Gasteiger partial charge on any atom is 0.149 e. The van der Waals surface area contributed by atoms with Gasteiger partial charge in [0, 0.05) is 56.0 Å². The zero-order valence-electron chi connectivity index (χ0n) is 57.0. The molecule has 0 bridgehead atoms. The van der Waals surface area contributed by atoms with Gasteiger partial charge < -0.3 is 5.11 Å². The van der Waals surface area contributed by atoms with Crippen molar-refractivity contribution in [2.75, 3.05) is 0 Å². The highest BCUT2D eigenvalue weighted by Crippen LogP contribution is 2.45. The van der Waals surface area contributed by atoms with Gasteiger partial charge in [0.25, 0.3) is 0 Å². The molecule has 0 atom stereocenters. The molecule has 0 spiro atoms. The van der Waals surface area contributed by atoms with Gasteiger partial charge in [0.2, 0.25) is 0 Å². The minimum absolute atomic E-state index is 0.116. The lowest BCUT2D eigenvalue weighted by atomic mass is 9.79. The molecule has 0 aliphatic heterocycles. The number of phenolic OH excluding ortho intramolecular Hbond substituents is 1. The highest BCUT2D eigenvalue weighted by atomic mass is 16.3. The maximum absolute atomic E-state index is 13.0. The molecule has 4 nitrogen and oxygen atoms in total. The summed E-state index contributed by atoms with van der Waals surface area (Å²) in [4.78, 5) is 9.97. The van der Waals surface area contributed by atoms with Gasteiger partial charge in [-0.2, -0.15) is 0 Å². The Balaban J connectivity index is 1.46. The van der Waals surface area contributed by atoms with E-state index in [0.29, 0.717) is 39.6 Å². The number of aromatic hydroxyl groups is 1. The first kappa shape index (κ1) is 26.2.